The Morgan fingerprint density at radius 1 is 1.54 bits per heavy atom. The van der Waals surface area contributed by atoms with E-state index >= 15 is 0 Å². The molecule has 0 aliphatic rings. The van der Waals surface area contributed by atoms with Crippen LogP contribution in [0.25, 0.3) is 0 Å². The summed E-state index contributed by atoms with van der Waals surface area (Å²) < 4.78 is 0. The number of hydrogen-bond donors (Lipinski definition) is 1. The van der Waals surface area contributed by atoms with Gasteiger partial charge < -0.3 is 5.11 Å². The number of hydrogen-bond acceptors (Lipinski definition) is 2. The van der Waals surface area contributed by atoms with Gasteiger partial charge in [0.2, 0.25) is 0 Å². The second-order valence-corrected chi connectivity index (χ2v) is 3.89. The first-order valence-electron chi connectivity index (χ1n) is 3.67. The number of carboxylic acid groups (broad SMARTS) is 1. The Hall–Kier alpha value is -0.670. The molecule has 0 radical (unpaired) electrons. The molecule has 1 N–H and O–H groups in total. The minimum atomic E-state index is -0.839. The van der Waals surface area contributed by atoms with E-state index in [1.54, 1.807) is 17.8 Å². The molecule has 0 aliphatic carbocycles. The molecule has 0 amide bonds. The van der Waals surface area contributed by atoms with Crippen LogP contribution in [0.1, 0.15) is 5.56 Å². The van der Waals surface area contributed by atoms with E-state index in [-0.39, 0.29) is 6.42 Å². The topological polar surface area (TPSA) is 37.3 Å². The molecule has 0 saturated carbocycles. The quantitative estimate of drug-likeness (QED) is 0.790. The number of benzene rings is 1. The zero-order valence-electron chi connectivity index (χ0n) is 7.08. The molecule has 1 rings (SSSR count). The highest BCUT2D eigenvalue weighted by Gasteiger charge is 2.03. The average molecular weight is 217 g/mol. The Bertz CT molecular complexity index is 325. The van der Waals surface area contributed by atoms with Crippen molar-refractivity contribution in [3.63, 3.8) is 0 Å². The van der Waals surface area contributed by atoms with Gasteiger partial charge in [-0.2, -0.15) is 0 Å². The van der Waals surface area contributed by atoms with Crippen molar-refractivity contribution in [2.24, 2.45) is 0 Å². The fourth-order valence-electron chi connectivity index (χ4n) is 1.02. The van der Waals surface area contributed by atoms with Crippen LogP contribution in [0.4, 0.5) is 0 Å². The summed E-state index contributed by atoms with van der Waals surface area (Å²) in [6.07, 6.45) is 1.95. The molecule has 70 valence electrons. The van der Waals surface area contributed by atoms with E-state index in [2.05, 4.69) is 0 Å². The summed E-state index contributed by atoms with van der Waals surface area (Å²) in [6, 6.07) is 5.33. The Morgan fingerprint density at radius 2 is 2.23 bits per heavy atom. The number of rotatable bonds is 3. The summed E-state index contributed by atoms with van der Waals surface area (Å²) in [6.45, 7) is 0. The molecule has 2 nitrogen and oxygen atoms in total. The maximum Gasteiger partial charge on any atom is 0.307 e. The molecule has 0 aromatic heterocycles. The second kappa shape index (κ2) is 4.53. The number of carbonyl (C=O) groups is 1. The van der Waals surface area contributed by atoms with Gasteiger partial charge in [-0.15, -0.1) is 11.8 Å². The molecule has 0 saturated heterocycles. The Kier molecular flexibility index (Phi) is 3.63. The largest absolute Gasteiger partial charge is 0.481 e. The molecular formula is C9H9ClO2S. The highest BCUT2D eigenvalue weighted by Crippen LogP contribution is 2.22. The predicted octanol–water partition coefficient (Wildman–Crippen LogP) is 2.69. The van der Waals surface area contributed by atoms with Crippen molar-refractivity contribution in [3.05, 3.63) is 28.8 Å². The minimum absolute atomic E-state index is 0.0219. The van der Waals surface area contributed by atoms with Crippen molar-refractivity contribution in [2.45, 2.75) is 11.3 Å². The standard InChI is InChI=1S/C9H9ClO2S/c1-13-8-3-6(4-9(11)12)2-7(10)5-8/h2-3,5H,4H2,1H3,(H,11,12). The molecule has 0 heterocycles. The molecule has 0 spiro atoms. The van der Waals surface area contributed by atoms with Crippen LogP contribution in [0.15, 0.2) is 23.1 Å². The Morgan fingerprint density at radius 3 is 2.77 bits per heavy atom. The lowest BCUT2D eigenvalue weighted by Gasteiger charge is -2.01. The highest BCUT2D eigenvalue weighted by atomic mass is 35.5. The Labute approximate surface area is 85.9 Å². The van der Waals surface area contributed by atoms with E-state index < -0.39 is 5.97 Å². The molecular weight excluding hydrogens is 208 g/mol. The fraction of sp³-hybridized carbons (Fsp3) is 0.222. The van der Waals surface area contributed by atoms with Gasteiger partial charge in [-0.3, -0.25) is 4.79 Å². The maximum absolute atomic E-state index is 10.4. The van der Waals surface area contributed by atoms with Crippen LogP contribution in [0, 0.1) is 0 Å². The number of thioether (sulfide) groups is 1. The summed E-state index contributed by atoms with van der Waals surface area (Å²) in [4.78, 5) is 11.4. The van der Waals surface area contributed by atoms with Crippen LogP contribution >= 0.6 is 23.4 Å². The second-order valence-electron chi connectivity index (χ2n) is 2.57. The van der Waals surface area contributed by atoms with Crippen molar-refractivity contribution in [3.8, 4) is 0 Å². The van der Waals surface area contributed by atoms with Gasteiger partial charge in [0.1, 0.15) is 0 Å². The molecule has 0 fully saturated rings. The predicted molar refractivity (Wildman–Crippen MR) is 54.6 cm³/mol. The third-order valence-electron chi connectivity index (χ3n) is 1.52. The van der Waals surface area contributed by atoms with E-state index in [9.17, 15) is 4.79 Å². The van der Waals surface area contributed by atoms with Gasteiger partial charge in [-0.05, 0) is 30.0 Å². The van der Waals surface area contributed by atoms with Crippen LogP contribution in [0.3, 0.4) is 0 Å². The minimum Gasteiger partial charge on any atom is -0.481 e. The summed E-state index contributed by atoms with van der Waals surface area (Å²) in [5.74, 6) is -0.839. The lowest BCUT2D eigenvalue weighted by atomic mass is 10.1. The average Bonchev–Trinajstić information content (AvgIpc) is 2.01. The summed E-state index contributed by atoms with van der Waals surface area (Å²) in [5.41, 5.74) is 0.740. The lowest BCUT2D eigenvalue weighted by Crippen LogP contribution is -1.99. The lowest BCUT2D eigenvalue weighted by molar-refractivity contribution is -0.136. The molecule has 13 heavy (non-hydrogen) atoms. The molecule has 0 unspecified atom stereocenters. The normalized spacial score (nSPS) is 10.0. The zero-order chi connectivity index (χ0) is 9.84. The molecule has 1 aromatic carbocycles. The number of halogens is 1. The highest BCUT2D eigenvalue weighted by molar-refractivity contribution is 7.98. The maximum atomic E-state index is 10.4. The van der Waals surface area contributed by atoms with E-state index in [1.165, 1.54) is 0 Å². The first kappa shape index (κ1) is 10.4. The van der Waals surface area contributed by atoms with Crippen molar-refractivity contribution in [2.75, 3.05) is 6.26 Å². The molecule has 4 heteroatoms. The third kappa shape index (κ3) is 3.28. The van der Waals surface area contributed by atoms with Crippen molar-refractivity contribution < 1.29 is 9.90 Å². The van der Waals surface area contributed by atoms with Gasteiger partial charge in [-0.25, -0.2) is 0 Å². The summed E-state index contributed by atoms with van der Waals surface area (Å²) in [5, 5.41) is 9.16. The van der Waals surface area contributed by atoms with Gasteiger partial charge in [0, 0.05) is 9.92 Å². The third-order valence-corrected chi connectivity index (χ3v) is 2.45. The van der Waals surface area contributed by atoms with Crippen molar-refractivity contribution in [1.29, 1.82) is 0 Å². The fourth-order valence-corrected chi connectivity index (χ4v) is 1.85. The number of aliphatic carboxylic acids is 1. The van der Waals surface area contributed by atoms with Gasteiger partial charge in [-0.1, -0.05) is 11.6 Å². The van der Waals surface area contributed by atoms with E-state index in [1.807, 2.05) is 18.4 Å². The van der Waals surface area contributed by atoms with E-state index in [0.717, 1.165) is 10.5 Å². The molecule has 0 atom stereocenters. The number of carboxylic acids is 1. The van der Waals surface area contributed by atoms with E-state index in [0.29, 0.717) is 5.02 Å². The van der Waals surface area contributed by atoms with Crippen LogP contribution < -0.4 is 0 Å². The SMILES string of the molecule is CSc1cc(Cl)cc(CC(=O)O)c1. The monoisotopic (exact) mass is 216 g/mol. The van der Waals surface area contributed by atoms with Crippen molar-refractivity contribution >= 4 is 29.3 Å². The van der Waals surface area contributed by atoms with Gasteiger partial charge in [0.15, 0.2) is 0 Å². The summed E-state index contributed by atoms with van der Waals surface area (Å²) in [7, 11) is 0. The van der Waals surface area contributed by atoms with Crippen LogP contribution in [0.2, 0.25) is 5.02 Å². The van der Waals surface area contributed by atoms with Crippen LogP contribution in [-0.2, 0) is 11.2 Å². The van der Waals surface area contributed by atoms with Gasteiger partial charge >= 0.3 is 5.97 Å². The molecule has 0 bridgehead atoms. The first-order chi connectivity index (χ1) is 6.11. The smallest absolute Gasteiger partial charge is 0.307 e. The van der Waals surface area contributed by atoms with Crippen LogP contribution in [-0.4, -0.2) is 17.3 Å². The van der Waals surface area contributed by atoms with E-state index in [4.69, 9.17) is 16.7 Å². The molecule has 1 aromatic rings. The first-order valence-corrected chi connectivity index (χ1v) is 5.27. The Balaban J connectivity index is 2.94. The van der Waals surface area contributed by atoms with Gasteiger partial charge in [0.25, 0.3) is 0 Å². The van der Waals surface area contributed by atoms with Crippen molar-refractivity contribution in [1.82, 2.24) is 0 Å². The van der Waals surface area contributed by atoms with Gasteiger partial charge in [0.05, 0.1) is 6.42 Å². The molecule has 0 aliphatic heterocycles. The zero-order valence-corrected chi connectivity index (χ0v) is 8.65. The summed E-state index contributed by atoms with van der Waals surface area (Å²) >= 11 is 7.35. The van der Waals surface area contributed by atoms with Crippen LogP contribution in [0.5, 0.6) is 0 Å².